The first-order chi connectivity index (χ1) is 13.5. The van der Waals surface area contributed by atoms with Crippen molar-refractivity contribution < 1.29 is 27.9 Å². The van der Waals surface area contributed by atoms with E-state index < -0.39 is 7.60 Å². The Hall–Kier alpha value is -2.07. The number of esters is 1. The van der Waals surface area contributed by atoms with E-state index in [0.29, 0.717) is 43.0 Å². The lowest BCUT2D eigenvalue weighted by Gasteiger charge is -2.28. The molecule has 2 aromatic heterocycles. The molecule has 1 aliphatic heterocycles. The third kappa shape index (κ3) is 5.26. The average molecular weight is 413 g/mol. The summed E-state index contributed by atoms with van der Waals surface area (Å²) in [4.78, 5) is 23.6. The second-order valence-electron chi connectivity index (χ2n) is 6.32. The van der Waals surface area contributed by atoms with E-state index in [-0.39, 0.29) is 38.1 Å². The van der Waals surface area contributed by atoms with E-state index in [2.05, 4.69) is 15.0 Å². The van der Waals surface area contributed by atoms with Gasteiger partial charge in [-0.05, 0) is 13.3 Å². The van der Waals surface area contributed by atoms with Gasteiger partial charge in [-0.15, -0.1) is 0 Å². The molecule has 0 aromatic carbocycles. The lowest BCUT2D eigenvalue weighted by atomic mass is 10.1. The Morgan fingerprint density at radius 3 is 2.89 bits per heavy atom. The van der Waals surface area contributed by atoms with Crippen molar-refractivity contribution in [3.05, 3.63) is 12.7 Å². The normalized spacial score (nSPS) is 22.4. The fourth-order valence-corrected chi connectivity index (χ4v) is 4.17. The second kappa shape index (κ2) is 9.42. The number of rotatable bonds is 9. The Bertz CT molecular complexity index is 847. The van der Waals surface area contributed by atoms with Gasteiger partial charge in [-0.2, -0.15) is 0 Å². The lowest BCUT2D eigenvalue weighted by Crippen LogP contribution is -2.24. The van der Waals surface area contributed by atoms with Gasteiger partial charge in [0.05, 0.1) is 32.8 Å². The molecule has 0 amide bonds. The van der Waals surface area contributed by atoms with Crippen molar-refractivity contribution in [3.8, 4) is 0 Å². The van der Waals surface area contributed by atoms with Gasteiger partial charge in [0, 0.05) is 18.9 Å². The first kappa shape index (κ1) is 20.7. The molecule has 12 heteroatoms. The smallest absolute Gasteiger partial charge is 0.356 e. The highest BCUT2D eigenvalue weighted by Gasteiger charge is 2.33. The molecule has 3 rings (SSSR count). The maximum atomic E-state index is 12.5. The summed E-state index contributed by atoms with van der Waals surface area (Å²) in [6.45, 7) is 3.38. The largest absolute Gasteiger partial charge is 0.466 e. The van der Waals surface area contributed by atoms with Crippen LogP contribution in [0.15, 0.2) is 12.7 Å². The second-order valence-corrected chi connectivity index (χ2v) is 8.32. The van der Waals surface area contributed by atoms with Gasteiger partial charge >= 0.3 is 13.6 Å². The lowest BCUT2D eigenvalue weighted by molar-refractivity contribution is -0.143. The Labute approximate surface area is 162 Å². The van der Waals surface area contributed by atoms with E-state index in [1.54, 1.807) is 17.8 Å². The summed E-state index contributed by atoms with van der Waals surface area (Å²) in [5.74, 6) is 0.0724. The molecule has 0 bridgehead atoms. The van der Waals surface area contributed by atoms with Crippen LogP contribution in [0.1, 0.15) is 19.8 Å². The Morgan fingerprint density at radius 1 is 1.36 bits per heavy atom. The number of ether oxygens (including phenoxy) is 2. The Balaban J connectivity index is 1.39. The van der Waals surface area contributed by atoms with Crippen LogP contribution in [0, 0.1) is 5.92 Å². The van der Waals surface area contributed by atoms with Crippen LogP contribution in [0.3, 0.4) is 0 Å². The fourth-order valence-electron chi connectivity index (χ4n) is 2.72. The number of hydrogen-bond donors (Lipinski definition) is 1. The van der Waals surface area contributed by atoms with Crippen molar-refractivity contribution in [2.45, 2.75) is 26.3 Å². The molecule has 2 aromatic rings. The number of nitrogens with zero attached hydrogens (tertiary/aromatic N) is 4. The van der Waals surface area contributed by atoms with Crippen LogP contribution >= 0.6 is 7.60 Å². The molecule has 2 N–H and O–H groups in total. The van der Waals surface area contributed by atoms with Crippen LogP contribution in [-0.4, -0.2) is 58.3 Å². The van der Waals surface area contributed by atoms with Gasteiger partial charge in [0.1, 0.15) is 18.2 Å². The minimum Gasteiger partial charge on any atom is -0.466 e. The van der Waals surface area contributed by atoms with E-state index >= 15 is 0 Å². The minimum atomic E-state index is -3.28. The predicted octanol–water partition coefficient (Wildman–Crippen LogP) is 1.58. The van der Waals surface area contributed by atoms with E-state index in [1.165, 1.54) is 6.33 Å². The first-order valence-corrected chi connectivity index (χ1v) is 10.8. The molecule has 28 heavy (non-hydrogen) atoms. The highest BCUT2D eigenvalue weighted by atomic mass is 31.2. The number of fused-ring (bicyclic) bond motifs is 1. The highest BCUT2D eigenvalue weighted by molar-refractivity contribution is 7.53. The molecule has 1 fully saturated rings. The summed E-state index contributed by atoms with van der Waals surface area (Å²) in [5, 5.41) is 0. The summed E-state index contributed by atoms with van der Waals surface area (Å²) in [7, 11) is -3.28. The molecule has 0 unspecified atom stereocenters. The number of hydrogen-bond acceptors (Lipinski definition) is 10. The standard InChI is InChI=1S/C16H24N5O6P/c1-2-25-13(22)4-3-12-7-26-28(23,27-8-12)11-24-6-5-21-10-20-14-15(17)18-9-19-16(14)21/h9-10,12H,2-8,11H2,1H3,(H2,17,18,19). The maximum Gasteiger partial charge on any atom is 0.356 e. The molecule has 0 saturated carbocycles. The van der Waals surface area contributed by atoms with Gasteiger partial charge in [0.25, 0.3) is 0 Å². The van der Waals surface area contributed by atoms with Crippen LogP contribution in [0.4, 0.5) is 5.82 Å². The van der Waals surface area contributed by atoms with Gasteiger partial charge in [0.15, 0.2) is 11.5 Å². The number of carbonyl (C=O) groups excluding carboxylic acids is 1. The van der Waals surface area contributed by atoms with Gasteiger partial charge in [0.2, 0.25) is 0 Å². The Kier molecular flexibility index (Phi) is 6.95. The van der Waals surface area contributed by atoms with Gasteiger partial charge in [-0.3, -0.25) is 9.36 Å². The number of aromatic nitrogens is 4. The summed E-state index contributed by atoms with van der Waals surface area (Å²) in [6.07, 6.45) is 3.69. The average Bonchev–Trinajstić information content (AvgIpc) is 3.10. The molecule has 1 aliphatic rings. The zero-order valence-electron chi connectivity index (χ0n) is 15.7. The summed E-state index contributed by atoms with van der Waals surface area (Å²) < 4.78 is 35.5. The monoisotopic (exact) mass is 413 g/mol. The van der Waals surface area contributed by atoms with Gasteiger partial charge in [-0.1, -0.05) is 0 Å². The van der Waals surface area contributed by atoms with Gasteiger partial charge in [-0.25, -0.2) is 15.0 Å². The van der Waals surface area contributed by atoms with E-state index in [9.17, 15) is 9.36 Å². The third-order valence-corrected chi connectivity index (χ3v) is 5.82. The SMILES string of the molecule is CCOC(=O)CCC1COP(=O)(COCCn2cnc3c(N)ncnc32)OC1. The van der Waals surface area contributed by atoms with E-state index in [1.807, 2.05) is 0 Å². The number of imidazole rings is 1. The number of carbonyl (C=O) groups is 1. The molecule has 0 atom stereocenters. The molecule has 154 valence electrons. The molecule has 0 radical (unpaired) electrons. The van der Waals surface area contributed by atoms with Crippen LogP contribution in [0.25, 0.3) is 11.2 Å². The Morgan fingerprint density at radius 2 is 2.14 bits per heavy atom. The molecular formula is C16H24N5O6P. The van der Waals surface area contributed by atoms with Crippen LogP contribution in [0.5, 0.6) is 0 Å². The summed E-state index contributed by atoms with van der Waals surface area (Å²) in [6, 6.07) is 0. The van der Waals surface area contributed by atoms with Crippen molar-refractivity contribution in [2.24, 2.45) is 5.92 Å². The van der Waals surface area contributed by atoms with Crippen molar-refractivity contribution in [2.75, 3.05) is 38.5 Å². The highest BCUT2D eigenvalue weighted by Crippen LogP contribution is 2.51. The van der Waals surface area contributed by atoms with E-state index in [4.69, 9.17) is 24.3 Å². The number of anilines is 1. The van der Waals surface area contributed by atoms with Crippen molar-refractivity contribution >= 4 is 30.5 Å². The maximum absolute atomic E-state index is 12.5. The summed E-state index contributed by atoms with van der Waals surface area (Å²) >= 11 is 0. The summed E-state index contributed by atoms with van der Waals surface area (Å²) in [5.41, 5.74) is 6.89. The predicted molar refractivity (Wildman–Crippen MR) is 99.4 cm³/mol. The van der Waals surface area contributed by atoms with Crippen molar-refractivity contribution in [1.29, 1.82) is 0 Å². The topological polar surface area (TPSA) is 141 Å². The third-order valence-electron chi connectivity index (χ3n) is 4.23. The van der Waals surface area contributed by atoms with E-state index in [0.717, 1.165) is 0 Å². The first-order valence-electron chi connectivity index (χ1n) is 9.03. The molecule has 11 nitrogen and oxygen atoms in total. The fraction of sp³-hybridized carbons (Fsp3) is 0.625. The van der Waals surface area contributed by atoms with Crippen molar-refractivity contribution in [1.82, 2.24) is 19.5 Å². The number of nitrogen functional groups attached to an aromatic ring is 1. The molecule has 1 saturated heterocycles. The van der Waals surface area contributed by atoms with Crippen LogP contribution < -0.4 is 5.73 Å². The number of nitrogens with two attached hydrogens (primary N) is 1. The van der Waals surface area contributed by atoms with Gasteiger partial charge < -0.3 is 28.8 Å². The van der Waals surface area contributed by atoms with Crippen LogP contribution in [-0.2, 0) is 34.4 Å². The molecule has 0 aliphatic carbocycles. The minimum absolute atomic E-state index is 0.00827. The zero-order chi connectivity index (χ0) is 20.0. The molecule has 3 heterocycles. The quantitative estimate of drug-likeness (QED) is 0.366. The van der Waals surface area contributed by atoms with Crippen molar-refractivity contribution in [3.63, 3.8) is 0 Å². The molecule has 0 spiro atoms. The zero-order valence-corrected chi connectivity index (χ0v) is 16.5. The van der Waals surface area contributed by atoms with Crippen LogP contribution in [0.2, 0.25) is 0 Å². The molecular weight excluding hydrogens is 389 g/mol.